The third kappa shape index (κ3) is 6.08. The van der Waals surface area contributed by atoms with E-state index in [-0.39, 0.29) is 47.8 Å². The molecule has 1 aliphatic heterocycles. The van der Waals surface area contributed by atoms with E-state index in [0.717, 1.165) is 11.8 Å². The zero-order valence-corrected chi connectivity index (χ0v) is 17.9. The maximum absolute atomic E-state index is 12.3. The standard InChI is InChI=1S/C13H12N5O3S3.Na/c1-15-24(20,21)7-6-18-12(19)11(23-13(18)22)8-9-2-4-10(5-3-9)16-17-14;/h2,4-5,8,15H,6-7H2,1H3;/q-1;+1. The number of thiocarbonyl (C=S) groups is 1. The van der Waals surface area contributed by atoms with E-state index in [9.17, 15) is 13.2 Å². The Kier molecular flexibility index (Phi) is 8.58. The molecule has 1 aliphatic rings. The van der Waals surface area contributed by atoms with Crippen LogP contribution in [0.4, 0.5) is 5.69 Å². The van der Waals surface area contributed by atoms with E-state index in [0.29, 0.717) is 20.5 Å². The zero-order valence-electron chi connectivity index (χ0n) is 13.5. The zero-order chi connectivity index (χ0) is 17.7. The molecule has 0 atom stereocenters. The topological polar surface area (TPSA) is 115 Å². The van der Waals surface area contributed by atoms with Crippen LogP contribution in [-0.2, 0) is 14.8 Å². The van der Waals surface area contributed by atoms with Gasteiger partial charge in [0.2, 0.25) is 10.0 Å². The van der Waals surface area contributed by atoms with Crippen molar-refractivity contribution >= 4 is 56.0 Å². The van der Waals surface area contributed by atoms with E-state index in [1.165, 1.54) is 18.0 Å². The summed E-state index contributed by atoms with van der Waals surface area (Å²) in [4.78, 5) is 16.7. The van der Waals surface area contributed by atoms with Crippen molar-refractivity contribution < 1.29 is 42.8 Å². The molecule has 1 heterocycles. The minimum atomic E-state index is -3.42. The second kappa shape index (κ2) is 9.70. The van der Waals surface area contributed by atoms with E-state index in [1.807, 2.05) is 0 Å². The van der Waals surface area contributed by atoms with Crippen LogP contribution < -0.4 is 34.3 Å². The molecule has 0 spiro atoms. The summed E-state index contributed by atoms with van der Waals surface area (Å²) in [6.07, 6.45) is 1.60. The summed E-state index contributed by atoms with van der Waals surface area (Å²) < 4.78 is 25.4. The van der Waals surface area contributed by atoms with E-state index in [2.05, 4.69) is 20.8 Å². The number of benzene rings is 1. The summed E-state index contributed by atoms with van der Waals surface area (Å²) in [5, 5.41) is 3.44. The Bertz CT molecular complexity index is 848. The van der Waals surface area contributed by atoms with Gasteiger partial charge in [-0.05, 0) is 23.2 Å². The quantitative estimate of drug-likeness (QED) is 0.126. The van der Waals surface area contributed by atoms with Crippen molar-refractivity contribution in [3.8, 4) is 0 Å². The van der Waals surface area contributed by atoms with Gasteiger partial charge in [-0.25, -0.2) is 13.1 Å². The fraction of sp³-hybridized carbons (Fsp3) is 0.231. The third-order valence-electron chi connectivity index (χ3n) is 3.04. The van der Waals surface area contributed by atoms with Crippen molar-refractivity contribution in [3.63, 3.8) is 0 Å². The molecule has 0 aromatic heterocycles. The second-order valence-electron chi connectivity index (χ2n) is 4.55. The average Bonchev–Trinajstić information content (AvgIpc) is 2.81. The molecule has 25 heavy (non-hydrogen) atoms. The molecule has 0 radical (unpaired) electrons. The first-order valence-corrected chi connectivity index (χ1v) is 9.47. The van der Waals surface area contributed by atoms with Crippen molar-refractivity contribution in [1.29, 1.82) is 0 Å². The van der Waals surface area contributed by atoms with Crippen LogP contribution in [0.1, 0.15) is 5.56 Å². The smallest absolute Gasteiger partial charge is 0.293 e. The summed E-state index contributed by atoms with van der Waals surface area (Å²) in [5.74, 6) is -0.570. The third-order valence-corrected chi connectivity index (χ3v) is 5.76. The number of amides is 1. The molecule has 0 saturated carbocycles. The van der Waals surface area contributed by atoms with Crippen molar-refractivity contribution in [2.24, 2.45) is 5.11 Å². The normalized spacial score (nSPS) is 15.9. The van der Waals surface area contributed by atoms with Crippen molar-refractivity contribution in [3.05, 3.63) is 45.2 Å². The molecule has 1 fully saturated rings. The minimum Gasteiger partial charge on any atom is -0.293 e. The number of rotatable bonds is 6. The molecule has 0 unspecified atom stereocenters. The van der Waals surface area contributed by atoms with Gasteiger partial charge in [0.25, 0.3) is 5.91 Å². The Morgan fingerprint density at radius 3 is 2.80 bits per heavy atom. The largest absolute Gasteiger partial charge is 1.00 e. The van der Waals surface area contributed by atoms with Gasteiger partial charge in [-0.3, -0.25) is 9.69 Å². The van der Waals surface area contributed by atoms with Gasteiger partial charge in [-0.2, -0.15) is 0 Å². The van der Waals surface area contributed by atoms with Gasteiger partial charge in [0, 0.05) is 11.4 Å². The van der Waals surface area contributed by atoms with Crippen LogP contribution in [0.5, 0.6) is 0 Å². The molecule has 2 rings (SSSR count). The SMILES string of the molecule is CNS(=O)(=O)CCN1C(=O)C(=Cc2[c-]cc(N=[N+]=[N-])cc2)SC1=S.[Na+]. The van der Waals surface area contributed by atoms with Gasteiger partial charge in [0.1, 0.15) is 4.32 Å². The molecule has 1 amide bonds. The fourth-order valence-corrected chi connectivity index (χ4v) is 3.71. The van der Waals surface area contributed by atoms with Crippen LogP contribution in [0, 0.1) is 6.07 Å². The molecule has 8 nitrogen and oxygen atoms in total. The Balaban J connectivity index is 0.00000312. The summed E-state index contributed by atoms with van der Waals surface area (Å²) >= 11 is 6.24. The number of nitrogens with zero attached hydrogens (tertiary/aromatic N) is 4. The van der Waals surface area contributed by atoms with Crippen molar-refractivity contribution in [1.82, 2.24) is 9.62 Å². The fourth-order valence-electron chi connectivity index (χ4n) is 1.78. The van der Waals surface area contributed by atoms with E-state index in [4.69, 9.17) is 17.7 Å². The number of nitrogens with one attached hydrogen (secondary N) is 1. The van der Waals surface area contributed by atoms with E-state index in [1.54, 1.807) is 18.2 Å². The first-order chi connectivity index (χ1) is 11.4. The minimum absolute atomic E-state index is 0. The van der Waals surface area contributed by atoms with Gasteiger partial charge >= 0.3 is 29.6 Å². The molecular weight excluding hydrogens is 393 g/mol. The van der Waals surface area contributed by atoms with Crippen LogP contribution in [-0.4, -0.2) is 42.9 Å². The van der Waals surface area contributed by atoms with Crippen LogP contribution in [0.15, 0.2) is 28.2 Å². The van der Waals surface area contributed by atoms with Gasteiger partial charge in [-0.1, -0.05) is 24.0 Å². The van der Waals surface area contributed by atoms with Gasteiger partial charge in [-0.15, -0.1) is 41.0 Å². The predicted octanol–water partition coefficient (Wildman–Crippen LogP) is -0.817. The van der Waals surface area contributed by atoms with Crippen molar-refractivity contribution in [2.75, 3.05) is 19.3 Å². The van der Waals surface area contributed by atoms with E-state index < -0.39 is 10.0 Å². The predicted molar refractivity (Wildman–Crippen MR) is 96.8 cm³/mol. The van der Waals surface area contributed by atoms with Gasteiger partial charge in [0.15, 0.2) is 0 Å². The number of thioether (sulfide) groups is 1. The van der Waals surface area contributed by atoms with Crippen LogP contribution in [0.3, 0.4) is 0 Å². The van der Waals surface area contributed by atoms with Crippen LogP contribution >= 0.6 is 24.0 Å². The molecule has 1 aromatic rings. The number of carbonyl (C=O) groups is 1. The summed E-state index contributed by atoms with van der Waals surface area (Å²) in [6, 6.07) is 7.65. The summed E-state index contributed by atoms with van der Waals surface area (Å²) in [5.41, 5.74) is 9.39. The molecule has 0 aliphatic carbocycles. The summed E-state index contributed by atoms with van der Waals surface area (Å²) in [6.45, 7) is -0.00921. The second-order valence-corrected chi connectivity index (χ2v) is 8.27. The maximum atomic E-state index is 12.3. The number of hydrogen-bond donors (Lipinski definition) is 1. The monoisotopic (exact) mass is 405 g/mol. The van der Waals surface area contributed by atoms with Crippen LogP contribution in [0.2, 0.25) is 0 Å². The van der Waals surface area contributed by atoms with Gasteiger partial charge < -0.3 is 0 Å². The Labute approximate surface area is 177 Å². The molecular formula is C13H12N5NaO3S3. The maximum Gasteiger partial charge on any atom is 1.00 e. The Morgan fingerprint density at radius 1 is 1.52 bits per heavy atom. The first-order valence-electron chi connectivity index (χ1n) is 6.60. The van der Waals surface area contributed by atoms with Crippen LogP contribution in [0.25, 0.3) is 16.5 Å². The number of hydrogen-bond acceptors (Lipinski definition) is 6. The molecule has 1 aromatic carbocycles. The molecule has 126 valence electrons. The molecule has 1 N–H and O–H groups in total. The van der Waals surface area contributed by atoms with E-state index >= 15 is 0 Å². The van der Waals surface area contributed by atoms with Gasteiger partial charge in [0.05, 0.1) is 5.75 Å². The molecule has 0 bridgehead atoms. The first kappa shape index (κ1) is 22.1. The molecule has 1 saturated heterocycles. The number of azide groups is 1. The number of sulfonamides is 1. The Morgan fingerprint density at radius 2 is 2.24 bits per heavy atom. The Hall–Kier alpha value is -0.910. The molecule has 12 heteroatoms. The van der Waals surface area contributed by atoms with Crippen molar-refractivity contribution in [2.45, 2.75) is 0 Å². The number of carbonyl (C=O) groups excluding carboxylic acids is 1. The average molecular weight is 405 g/mol. The summed E-state index contributed by atoms with van der Waals surface area (Å²) in [7, 11) is -2.10.